The van der Waals surface area contributed by atoms with Gasteiger partial charge in [-0.05, 0) is 36.8 Å². The smallest absolute Gasteiger partial charge is 0.290 e. The van der Waals surface area contributed by atoms with Gasteiger partial charge >= 0.3 is 0 Å². The van der Waals surface area contributed by atoms with Crippen LogP contribution in [0.1, 0.15) is 34.6 Å². The lowest BCUT2D eigenvalue weighted by Gasteiger charge is -2.24. The van der Waals surface area contributed by atoms with E-state index in [2.05, 4.69) is 6.58 Å². The van der Waals surface area contributed by atoms with Crippen molar-refractivity contribution in [3.8, 4) is 11.5 Å². The summed E-state index contributed by atoms with van der Waals surface area (Å²) in [6, 6.07) is 11.8. The lowest BCUT2D eigenvalue weighted by atomic mass is 9.98. The molecular formula is C23H21NO5. The molecule has 1 aromatic heterocycles. The normalized spacial score (nSPS) is 15.4. The topological polar surface area (TPSA) is 69.0 Å². The minimum Gasteiger partial charge on any atom is -0.493 e. The van der Waals surface area contributed by atoms with Crippen LogP contribution < -0.4 is 14.9 Å². The van der Waals surface area contributed by atoms with Crippen LogP contribution in [0.2, 0.25) is 0 Å². The minimum absolute atomic E-state index is 0.103. The summed E-state index contributed by atoms with van der Waals surface area (Å²) in [6.45, 7) is 6.30. The highest BCUT2D eigenvalue weighted by Crippen LogP contribution is 2.40. The maximum absolute atomic E-state index is 13.3. The van der Waals surface area contributed by atoms with E-state index in [1.165, 1.54) is 0 Å². The predicted octanol–water partition coefficient (Wildman–Crippen LogP) is 3.93. The summed E-state index contributed by atoms with van der Waals surface area (Å²) in [5.41, 5.74) is 1.33. The minimum atomic E-state index is -0.550. The van der Waals surface area contributed by atoms with Gasteiger partial charge in [-0.3, -0.25) is 9.59 Å². The number of rotatable bonds is 6. The van der Waals surface area contributed by atoms with Crippen LogP contribution in [-0.4, -0.2) is 31.1 Å². The molecule has 0 aliphatic carbocycles. The largest absolute Gasteiger partial charge is 0.493 e. The van der Waals surface area contributed by atoms with E-state index < -0.39 is 6.04 Å². The average Bonchev–Trinajstić information content (AvgIpc) is 3.04. The van der Waals surface area contributed by atoms with E-state index in [4.69, 9.17) is 13.9 Å². The van der Waals surface area contributed by atoms with Gasteiger partial charge in [0.05, 0.1) is 24.1 Å². The zero-order chi connectivity index (χ0) is 20.5. The molecule has 0 radical (unpaired) electrons. The molecule has 1 amide bonds. The summed E-state index contributed by atoms with van der Waals surface area (Å²) < 4.78 is 16.9. The second-order valence-electron chi connectivity index (χ2n) is 6.67. The second kappa shape index (κ2) is 7.47. The SMILES string of the molecule is C=CCOc1ccc([C@H]2c3c(oc4ccccc4c3=O)C(=O)N2CC)cc1OC. The summed E-state index contributed by atoms with van der Waals surface area (Å²) in [6.07, 6.45) is 1.65. The van der Waals surface area contributed by atoms with Crippen molar-refractivity contribution < 1.29 is 18.7 Å². The maximum atomic E-state index is 13.3. The number of para-hydroxylation sites is 1. The van der Waals surface area contributed by atoms with Gasteiger partial charge in [-0.25, -0.2) is 0 Å². The molecule has 0 bridgehead atoms. The van der Waals surface area contributed by atoms with Crippen LogP contribution in [0.4, 0.5) is 0 Å². The van der Waals surface area contributed by atoms with Crippen LogP contribution in [0.25, 0.3) is 11.0 Å². The number of methoxy groups -OCH3 is 1. The number of benzene rings is 2. The Morgan fingerprint density at radius 3 is 2.69 bits per heavy atom. The molecule has 1 atom stereocenters. The molecule has 3 aromatic rings. The number of amides is 1. The Morgan fingerprint density at radius 2 is 1.97 bits per heavy atom. The van der Waals surface area contributed by atoms with Gasteiger partial charge in [0.2, 0.25) is 5.76 Å². The zero-order valence-electron chi connectivity index (χ0n) is 16.3. The van der Waals surface area contributed by atoms with Crippen molar-refractivity contribution in [2.24, 2.45) is 0 Å². The molecule has 1 aliphatic heterocycles. The second-order valence-corrected chi connectivity index (χ2v) is 6.67. The molecule has 0 saturated carbocycles. The van der Waals surface area contributed by atoms with Gasteiger partial charge in [0, 0.05) is 6.54 Å². The van der Waals surface area contributed by atoms with Gasteiger partial charge in [-0.1, -0.05) is 30.9 Å². The van der Waals surface area contributed by atoms with Gasteiger partial charge in [-0.2, -0.15) is 0 Å². The summed E-state index contributed by atoms with van der Waals surface area (Å²) >= 11 is 0. The monoisotopic (exact) mass is 391 g/mol. The van der Waals surface area contributed by atoms with Gasteiger partial charge in [0.1, 0.15) is 12.2 Å². The molecule has 148 valence electrons. The van der Waals surface area contributed by atoms with Gasteiger partial charge in [0.25, 0.3) is 5.91 Å². The fourth-order valence-corrected chi connectivity index (χ4v) is 3.76. The zero-order valence-corrected chi connectivity index (χ0v) is 16.3. The maximum Gasteiger partial charge on any atom is 0.290 e. The standard InChI is InChI=1S/C23H21NO5/c1-4-12-28-17-11-10-14(13-18(17)27-3)20-19-21(25)15-8-6-7-9-16(15)29-22(19)23(26)24(20)5-2/h4,6-11,13,20H,1,5,12H2,2-3H3/t20-/m0/s1. The van der Waals surface area contributed by atoms with Crippen molar-refractivity contribution in [3.05, 3.63) is 82.2 Å². The van der Waals surface area contributed by atoms with Crippen LogP contribution in [0.3, 0.4) is 0 Å². The van der Waals surface area contributed by atoms with E-state index in [1.807, 2.05) is 13.0 Å². The Hall–Kier alpha value is -3.54. The van der Waals surface area contributed by atoms with Crippen molar-refractivity contribution in [1.82, 2.24) is 4.90 Å². The first-order valence-electron chi connectivity index (χ1n) is 9.39. The van der Waals surface area contributed by atoms with Crippen molar-refractivity contribution >= 4 is 16.9 Å². The van der Waals surface area contributed by atoms with Crippen LogP contribution in [0, 0.1) is 0 Å². The first-order valence-corrected chi connectivity index (χ1v) is 9.39. The lowest BCUT2D eigenvalue weighted by Crippen LogP contribution is -2.29. The summed E-state index contributed by atoms with van der Waals surface area (Å²) in [5.74, 6) is 0.897. The highest BCUT2D eigenvalue weighted by Gasteiger charge is 2.42. The fourth-order valence-electron chi connectivity index (χ4n) is 3.76. The number of nitrogens with zero attached hydrogens (tertiary/aromatic N) is 1. The molecule has 6 heteroatoms. The lowest BCUT2D eigenvalue weighted by molar-refractivity contribution is 0.0737. The van der Waals surface area contributed by atoms with Gasteiger partial charge in [-0.15, -0.1) is 0 Å². The van der Waals surface area contributed by atoms with Crippen molar-refractivity contribution in [1.29, 1.82) is 0 Å². The summed E-state index contributed by atoms with van der Waals surface area (Å²) in [4.78, 5) is 27.9. The summed E-state index contributed by atoms with van der Waals surface area (Å²) in [5, 5.41) is 0.458. The van der Waals surface area contributed by atoms with E-state index >= 15 is 0 Å². The Balaban J connectivity index is 1.91. The van der Waals surface area contributed by atoms with E-state index in [9.17, 15) is 9.59 Å². The van der Waals surface area contributed by atoms with E-state index in [1.54, 1.807) is 54.5 Å². The fraction of sp³-hybridized carbons (Fsp3) is 0.217. The Morgan fingerprint density at radius 1 is 1.17 bits per heavy atom. The van der Waals surface area contributed by atoms with Crippen LogP contribution in [-0.2, 0) is 0 Å². The van der Waals surface area contributed by atoms with Gasteiger partial charge in [0.15, 0.2) is 16.9 Å². The van der Waals surface area contributed by atoms with Crippen molar-refractivity contribution in [2.75, 3.05) is 20.3 Å². The molecule has 1 aliphatic rings. The number of carbonyl (C=O) groups excluding carboxylic acids is 1. The number of hydrogen-bond donors (Lipinski definition) is 0. The van der Waals surface area contributed by atoms with E-state index in [0.717, 1.165) is 5.56 Å². The first-order chi connectivity index (χ1) is 14.1. The molecule has 2 heterocycles. The number of fused-ring (bicyclic) bond motifs is 2. The number of ether oxygens (including phenoxy) is 2. The molecule has 29 heavy (non-hydrogen) atoms. The third-order valence-electron chi connectivity index (χ3n) is 5.07. The van der Waals surface area contributed by atoms with Crippen LogP contribution >= 0.6 is 0 Å². The van der Waals surface area contributed by atoms with Crippen LogP contribution in [0.15, 0.2) is 64.3 Å². The van der Waals surface area contributed by atoms with Crippen LogP contribution in [0.5, 0.6) is 11.5 Å². The van der Waals surface area contributed by atoms with E-state index in [-0.39, 0.29) is 17.1 Å². The van der Waals surface area contributed by atoms with E-state index in [0.29, 0.717) is 41.2 Å². The number of carbonyl (C=O) groups is 1. The Labute approximate surface area is 168 Å². The van der Waals surface area contributed by atoms with Gasteiger partial charge < -0.3 is 18.8 Å². The molecular weight excluding hydrogens is 370 g/mol. The molecule has 4 rings (SSSR count). The Bertz CT molecular complexity index is 1160. The Kier molecular flexibility index (Phi) is 4.84. The molecule has 0 spiro atoms. The molecule has 0 fully saturated rings. The number of hydrogen-bond acceptors (Lipinski definition) is 5. The average molecular weight is 391 g/mol. The molecule has 2 aromatic carbocycles. The molecule has 0 N–H and O–H groups in total. The first kappa shape index (κ1) is 18.8. The third-order valence-corrected chi connectivity index (χ3v) is 5.07. The molecule has 6 nitrogen and oxygen atoms in total. The molecule has 0 saturated heterocycles. The third kappa shape index (κ3) is 2.97. The van der Waals surface area contributed by atoms with Crippen molar-refractivity contribution in [3.63, 3.8) is 0 Å². The van der Waals surface area contributed by atoms with Crippen molar-refractivity contribution in [2.45, 2.75) is 13.0 Å². The highest BCUT2D eigenvalue weighted by atomic mass is 16.5. The highest BCUT2D eigenvalue weighted by molar-refractivity contribution is 5.99. The predicted molar refractivity (Wildman–Crippen MR) is 110 cm³/mol. The quantitative estimate of drug-likeness (QED) is 0.596. The molecule has 0 unspecified atom stereocenters. The summed E-state index contributed by atoms with van der Waals surface area (Å²) in [7, 11) is 1.55.